The summed E-state index contributed by atoms with van der Waals surface area (Å²) < 4.78 is 27.0. The number of benzene rings is 2. The van der Waals surface area contributed by atoms with Crippen molar-refractivity contribution >= 4 is 39.1 Å². The number of rotatable bonds is 2. The molecule has 2 nitrogen and oxygen atoms in total. The average Bonchev–Trinajstić information content (AvgIpc) is 2.38. The predicted octanol–water partition coefficient (Wildman–Crippen LogP) is 4.94. The normalized spacial score (nSPS) is 10.4. The molecule has 0 spiro atoms. The van der Waals surface area contributed by atoms with Crippen molar-refractivity contribution in [2.75, 3.05) is 5.32 Å². The van der Waals surface area contributed by atoms with E-state index in [2.05, 4.69) is 21.2 Å². The summed E-state index contributed by atoms with van der Waals surface area (Å²) >= 11 is 9.09. The zero-order valence-corrected chi connectivity index (χ0v) is 12.6. The van der Waals surface area contributed by atoms with Gasteiger partial charge in [0.1, 0.15) is 0 Å². The molecule has 2 rings (SSSR count). The maximum Gasteiger partial charge on any atom is 0.257 e. The van der Waals surface area contributed by atoms with E-state index in [-0.39, 0.29) is 10.6 Å². The fourth-order valence-electron chi connectivity index (χ4n) is 1.62. The van der Waals surface area contributed by atoms with Gasteiger partial charge in [-0.3, -0.25) is 4.79 Å². The Bertz CT molecular complexity index is 691. The van der Waals surface area contributed by atoms with E-state index in [1.807, 2.05) is 6.92 Å². The molecule has 0 atom stereocenters. The molecule has 0 unspecified atom stereocenters. The number of hydrogen-bond donors (Lipinski definition) is 1. The molecule has 2 aromatic rings. The van der Waals surface area contributed by atoms with E-state index >= 15 is 0 Å². The van der Waals surface area contributed by atoms with E-state index in [0.29, 0.717) is 5.69 Å². The van der Waals surface area contributed by atoms with Gasteiger partial charge in [0.2, 0.25) is 0 Å². The lowest BCUT2D eigenvalue weighted by molar-refractivity contribution is 0.102. The molecular weight excluding hydrogens is 352 g/mol. The van der Waals surface area contributed by atoms with Crippen LogP contribution in [0.4, 0.5) is 14.5 Å². The Morgan fingerprint density at radius 1 is 1.20 bits per heavy atom. The highest BCUT2D eigenvalue weighted by molar-refractivity contribution is 9.10. The Morgan fingerprint density at radius 2 is 1.85 bits per heavy atom. The number of amides is 1. The zero-order chi connectivity index (χ0) is 14.9. The first-order valence-corrected chi connectivity index (χ1v) is 6.77. The van der Waals surface area contributed by atoms with Crippen molar-refractivity contribution in [3.63, 3.8) is 0 Å². The summed E-state index contributed by atoms with van der Waals surface area (Å²) in [4.78, 5) is 12.0. The Hall–Kier alpha value is -1.46. The third-order valence-corrected chi connectivity index (χ3v) is 3.87. The van der Waals surface area contributed by atoms with Crippen LogP contribution in [0, 0.1) is 18.6 Å². The highest BCUT2D eigenvalue weighted by atomic mass is 79.9. The number of hydrogen-bond acceptors (Lipinski definition) is 1. The third kappa shape index (κ3) is 3.16. The molecule has 0 fully saturated rings. The minimum absolute atomic E-state index is 0.119. The second kappa shape index (κ2) is 5.89. The van der Waals surface area contributed by atoms with Crippen molar-refractivity contribution in [3.05, 3.63) is 62.6 Å². The van der Waals surface area contributed by atoms with Crippen LogP contribution >= 0.6 is 27.5 Å². The lowest BCUT2D eigenvalue weighted by Crippen LogP contribution is -2.13. The number of carbonyl (C=O) groups is 1. The van der Waals surface area contributed by atoms with E-state index in [9.17, 15) is 13.6 Å². The largest absolute Gasteiger partial charge is 0.322 e. The first-order valence-electron chi connectivity index (χ1n) is 5.60. The molecule has 0 aliphatic rings. The molecule has 0 heterocycles. The number of carbonyl (C=O) groups excluding carboxylic acids is 1. The van der Waals surface area contributed by atoms with Gasteiger partial charge in [-0.15, -0.1) is 0 Å². The fourth-order valence-corrected chi connectivity index (χ4v) is 2.10. The molecule has 1 amide bonds. The van der Waals surface area contributed by atoms with Crippen LogP contribution in [-0.4, -0.2) is 5.91 Å². The molecule has 1 N–H and O–H groups in total. The molecule has 0 aliphatic heterocycles. The van der Waals surface area contributed by atoms with Crippen LogP contribution < -0.4 is 5.32 Å². The van der Waals surface area contributed by atoms with Crippen molar-refractivity contribution in [1.29, 1.82) is 0 Å². The summed E-state index contributed by atoms with van der Waals surface area (Å²) in [5.41, 5.74) is 1.35. The SMILES string of the molecule is Cc1cc(NC(=O)c2cc(F)c(F)cc2Cl)ccc1Br. The van der Waals surface area contributed by atoms with E-state index in [0.717, 1.165) is 22.2 Å². The summed E-state index contributed by atoms with van der Waals surface area (Å²) in [6.45, 7) is 1.87. The fraction of sp³-hybridized carbons (Fsp3) is 0.0714. The number of aryl methyl sites for hydroxylation is 1. The van der Waals surface area contributed by atoms with Gasteiger partial charge in [0.25, 0.3) is 5.91 Å². The first-order chi connectivity index (χ1) is 9.38. The molecule has 0 radical (unpaired) electrons. The third-order valence-electron chi connectivity index (χ3n) is 2.67. The molecule has 20 heavy (non-hydrogen) atoms. The van der Waals surface area contributed by atoms with Gasteiger partial charge < -0.3 is 5.32 Å². The standard InChI is InChI=1S/C14H9BrClF2NO/c1-7-4-8(2-3-10(7)15)19-14(20)9-5-12(17)13(18)6-11(9)16/h2-6H,1H3,(H,19,20). The molecule has 0 aromatic heterocycles. The Labute approximate surface area is 127 Å². The molecule has 0 saturated heterocycles. The van der Waals surface area contributed by atoms with Crippen LogP contribution in [0.3, 0.4) is 0 Å². The number of nitrogens with one attached hydrogen (secondary N) is 1. The Morgan fingerprint density at radius 3 is 2.50 bits per heavy atom. The minimum atomic E-state index is -1.12. The summed E-state index contributed by atoms with van der Waals surface area (Å²) in [6.07, 6.45) is 0. The van der Waals surface area contributed by atoms with Gasteiger partial charge in [-0.1, -0.05) is 27.5 Å². The molecule has 0 saturated carbocycles. The maximum absolute atomic E-state index is 13.2. The average molecular weight is 361 g/mol. The second-order valence-corrected chi connectivity index (χ2v) is 5.43. The van der Waals surface area contributed by atoms with Crippen LogP contribution in [0.2, 0.25) is 5.02 Å². The Kier molecular flexibility index (Phi) is 4.40. The van der Waals surface area contributed by atoms with Gasteiger partial charge in [-0.2, -0.15) is 0 Å². The minimum Gasteiger partial charge on any atom is -0.322 e. The highest BCUT2D eigenvalue weighted by Gasteiger charge is 2.15. The second-order valence-electron chi connectivity index (χ2n) is 4.16. The van der Waals surface area contributed by atoms with Gasteiger partial charge in [0.05, 0.1) is 10.6 Å². The molecule has 0 aliphatic carbocycles. The van der Waals surface area contributed by atoms with Crippen molar-refractivity contribution in [1.82, 2.24) is 0 Å². The quantitative estimate of drug-likeness (QED) is 0.755. The van der Waals surface area contributed by atoms with E-state index in [4.69, 9.17) is 11.6 Å². The number of halogens is 4. The molecule has 104 valence electrons. The predicted molar refractivity (Wildman–Crippen MR) is 78.2 cm³/mol. The molecule has 6 heteroatoms. The number of anilines is 1. The summed E-state index contributed by atoms with van der Waals surface area (Å²) in [6, 6.07) is 6.76. The molecule has 0 bridgehead atoms. The van der Waals surface area contributed by atoms with Crippen molar-refractivity contribution in [2.45, 2.75) is 6.92 Å². The van der Waals surface area contributed by atoms with Crippen molar-refractivity contribution in [2.24, 2.45) is 0 Å². The van der Waals surface area contributed by atoms with Gasteiger partial charge in [0.15, 0.2) is 11.6 Å². The zero-order valence-electron chi connectivity index (χ0n) is 10.3. The van der Waals surface area contributed by atoms with Crippen LogP contribution in [0.15, 0.2) is 34.8 Å². The van der Waals surface area contributed by atoms with Gasteiger partial charge in [-0.25, -0.2) is 8.78 Å². The monoisotopic (exact) mass is 359 g/mol. The molecule has 2 aromatic carbocycles. The maximum atomic E-state index is 13.2. The summed E-state index contributed by atoms with van der Waals surface area (Å²) in [7, 11) is 0. The summed E-state index contributed by atoms with van der Waals surface area (Å²) in [5.74, 6) is -2.81. The van der Waals surface area contributed by atoms with E-state index in [1.165, 1.54) is 0 Å². The van der Waals surface area contributed by atoms with Gasteiger partial charge >= 0.3 is 0 Å². The van der Waals surface area contributed by atoms with Crippen molar-refractivity contribution in [3.8, 4) is 0 Å². The lowest BCUT2D eigenvalue weighted by Gasteiger charge is -2.08. The van der Waals surface area contributed by atoms with Gasteiger partial charge in [-0.05, 0) is 42.8 Å². The van der Waals surface area contributed by atoms with Crippen LogP contribution in [0.25, 0.3) is 0 Å². The first kappa shape index (κ1) is 14.9. The molecular formula is C14H9BrClF2NO. The van der Waals surface area contributed by atoms with Gasteiger partial charge in [0, 0.05) is 10.2 Å². The summed E-state index contributed by atoms with van der Waals surface area (Å²) in [5, 5.41) is 2.44. The van der Waals surface area contributed by atoms with Crippen molar-refractivity contribution < 1.29 is 13.6 Å². The van der Waals surface area contributed by atoms with E-state index in [1.54, 1.807) is 18.2 Å². The lowest BCUT2D eigenvalue weighted by atomic mass is 10.1. The smallest absolute Gasteiger partial charge is 0.257 e. The Balaban J connectivity index is 2.28. The van der Waals surface area contributed by atoms with E-state index < -0.39 is 17.5 Å². The van der Waals surface area contributed by atoms with Crippen LogP contribution in [0.5, 0.6) is 0 Å². The van der Waals surface area contributed by atoms with Crippen LogP contribution in [0.1, 0.15) is 15.9 Å². The topological polar surface area (TPSA) is 29.1 Å². The van der Waals surface area contributed by atoms with Crippen LogP contribution in [-0.2, 0) is 0 Å². The highest BCUT2D eigenvalue weighted by Crippen LogP contribution is 2.23.